The van der Waals surface area contributed by atoms with E-state index in [2.05, 4.69) is 94.1 Å². The molecule has 0 aliphatic carbocycles. The Morgan fingerprint density at radius 3 is 2.56 bits per heavy atom. The third-order valence-corrected chi connectivity index (χ3v) is 8.31. The molecule has 0 saturated carbocycles. The van der Waals surface area contributed by atoms with E-state index in [0.717, 1.165) is 41.2 Å². The second-order valence-corrected chi connectivity index (χ2v) is 11.2. The lowest BCUT2D eigenvalue weighted by molar-refractivity contribution is 0.497. The van der Waals surface area contributed by atoms with Gasteiger partial charge >= 0.3 is 0 Å². The molecule has 212 valence electrons. The van der Waals surface area contributed by atoms with Gasteiger partial charge in [0.05, 0.1) is 29.6 Å². The summed E-state index contributed by atoms with van der Waals surface area (Å²) in [5.41, 5.74) is 10.1. The fraction of sp³-hybridized carbons (Fsp3) is 0.429. The molecular weight excluding hydrogens is 506 g/mol. The Bertz CT molecular complexity index is 1500. The maximum Gasteiger partial charge on any atom is 0.150 e. The number of fused-ring (bicyclic) bond motifs is 1. The number of nitrogens with zero attached hydrogens (tertiary/aromatic N) is 4. The van der Waals surface area contributed by atoms with Crippen molar-refractivity contribution in [3.05, 3.63) is 75.7 Å². The Morgan fingerprint density at radius 1 is 1.10 bits per heavy atom. The van der Waals surface area contributed by atoms with Crippen molar-refractivity contribution < 1.29 is 0 Å². The second kappa shape index (κ2) is 13.6. The predicted octanol–water partition coefficient (Wildman–Crippen LogP) is 7.86. The number of aliphatic imine (C=N–C) groups is 3. The van der Waals surface area contributed by atoms with E-state index >= 15 is 0 Å². The first-order chi connectivity index (χ1) is 19.7. The lowest BCUT2D eigenvalue weighted by atomic mass is 9.81. The van der Waals surface area contributed by atoms with Gasteiger partial charge in [-0.05, 0) is 80.5 Å². The third-order valence-electron chi connectivity index (χ3n) is 8.31. The average Bonchev–Trinajstić information content (AvgIpc) is 3.09. The fourth-order valence-corrected chi connectivity index (χ4v) is 5.63. The van der Waals surface area contributed by atoms with Gasteiger partial charge in [0, 0.05) is 23.5 Å². The summed E-state index contributed by atoms with van der Waals surface area (Å²) in [5, 5.41) is 12.0. The summed E-state index contributed by atoms with van der Waals surface area (Å²) in [6.45, 7) is 13.5. The van der Waals surface area contributed by atoms with E-state index in [1.165, 1.54) is 22.3 Å². The molecule has 0 amide bonds. The zero-order valence-electron chi connectivity index (χ0n) is 25.2. The van der Waals surface area contributed by atoms with Gasteiger partial charge in [-0.1, -0.05) is 79.9 Å². The Balaban J connectivity index is 1.88. The minimum atomic E-state index is -0.672. The van der Waals surface area contributed by atoms with Gasteiger partial charge in [0.25, 0.3) is 0 Å². The quantitative estimate of drug-likeness (QED) is 0.223. The van der Waals surface area contributed by atoms with Crippen molar-refractivity contribution in [1.29, 1.82) is 5.41 Å². The molecule has 0 aromatic heterocycles. The van der Waals surface area contributed by atoms with Gasteiger partial charge in [0.1, 0.15) is 6.04 Å². The minimum Gasteiger partial charge on any atom is -0.295 e. The lowest BCUT2D eigenvalue weighted by Gasteiger charge is -2.25. The van der Waals surface area contributed by atoms with Crippen LogP contribution in [0, 0.1) is 46.8 Å². The molecule has 0 radical (unpaired) electrons. The van der Waals surface area contributed by atoms with E-state index in [-0.39, 0.29) is 17.5 Å². The fourth-order valence-electron chi connectivity index (χ4n) is 5.63. The van der Waals surface area contributed by atoms with E-state index in [0.29, 0.717) is 19.5 Å². The highest BCUT2D eigenvalue weighted by Gasteiger charge is 2.34. The summed E-state index contributed by atoms with van der Waals surface area (Å²) in [6, 6.07) is 16.2. The normalized spacial score (nSPS) is 22.7. The van der Waals surface area contributed by atoms with Crippen LogP contribution in [0.3, 0.4) is 0 Å². The predicted molar refractivity (Wildman–Crippen MR) is 173 cm³/mol. The van der Waals surface area contributed by atoms with Crippen LogP contribution in [0.25, 0.3) is 5.57 Å². The van der Waals surface area contributed by atoms with E-state index in [9.17, 15) is 4.91 Å². The largest absolute Gasteiger partial charge is 0.295 e. The van der Waals surface area contributed by atoms with E-state index < -0.39 is 12.0 Å². The van der Waals surface area contributed by atoms with Gasteiger partial charge in [-0.25, -0.2) is 0 Å². The van der Waals surface area contributed by atoms with E-state index in [1.807, 2.05) is 6.07 Å². The second-order valence-electron chi connectivity index (χ2n) is 11.2. The summed E-state index contributed by atoms with van der Waals surface area (Å²) in [7, 11) is 0. The van der Waals surface area contributed by atoms with Crippen molar-refractivity contribution in [1.82, 2.24) is 0 Å². The summed E-state index contributed by atoms with van der Waals surface area (Å²) >= 11 is 0. The van der Waals surface area contributed by atoms with Crippen molar-refractivity contribution in [3.8, 4) is 11.8 Å². The number of aryl methyl sites for hydroxylation is 2. The molecule has 6 nitrogen and oxygen atoms in total. The van der Waals surface area contributed by atoms with Crippen LogP contribution < -0.4 is 0 Å². The number of rotatable bonds is 6. The summed E-state index contributed by atoms with van der Waals surface area (Å²) < 4.78 is 0. The molecule has 4 rings (SSSR count). The monoisotopic (exact) mass is 547 g/mol. The number of benzene rings is 2. The molecular formula is C35H41N5O. The van der Waals surface area contributed by atoms with Crippen LogP contribution in [-0.2, 0) is 6.42 Å². The van der Waals surface area contributed by atoms with Crippen LogP contribution in [0.1, 0.15) is 64.2 Å². The summed E-state index contributed by atoms with van der Waals surface area (Å²) in [4.78, 5) is 26.5. The van der Waals surface area contributed by atoms with Gasteiger partial charge in [-0.3, -0.25) is 20.4 Å². The molecule has 4 atom stereocenters. The number of nitrogens with one attached hydrogen (secondary N) is 1. The van der Waals surface area contributed by atoms with Crippen molar-refractivity contribution >= 4 is 34.1 Å². The van der Waals surface area contributed by atoms with Gasteiger partial charge < -0.3 is 0 Å². The molecule has 2 aliphatic rings. The number of nitroso groups, excluding NO2 is 1. The Kier molecular flexibility index (Phi) is 9.94. The first-order valence-corrected chi connectivity index (χ1v) is 14.7. The first kappa shape index (κ1) is 30.0. The van der Waals surface area contributed by atoms with Gasteiger partial charge in [-0.2, -0.15) is 0 Å². The highest BCUT2D eigenvalue weighted by atomic mass is 16.3. The molecule has 6 heteroatoms. The highest BCUT2D eigenvalue weighted by Crippen LogP contribution is 2.33. The molecule has 0 bridgehead atoms. The van der Waals surface area contributed by atoms with Crippen molar-refractivity contribution in [2.24, 2.45) is 37.9 Å². The van der Waals surface area contributed by atoms with Gasteiger partial charge in [-0.15, -0.1) is 4.91 Å². The van der Waals surface area contributed by atoms with Crippen LogP contribution in [0.2, 0.25) is 0 Å². The Morgan fingerprint density at radius 2 is 1.83 bits per heavy atom. The van der Waals surface area contributed by atoms with E-state index in [4.69, 9.17) is 20.4 Å². The number of hydrogen-bond acceptors (Lipinski definition) is 6. The maximum atomic E-state index is 11.0. The van der Waals surface area contributed by atoms with Crippen molar-refractivity contribution in [2.75, 3.05) is 13.1 Å². The minimum absolute atomic E-state index is 0.102. The number of allylic oxidation sites excluding steroid dienone is 1. The third kappa shape index (κ3) is 6.85. The lowest BCUT2D eigenvalue weighted by Crippen LogP contribution is -2.35. The van der Waals surface area contributed by atoms with Crippen molar-refractivity contribution in [2.45, 2.75) is 66.8 Å². The molecule has 2 aromatic carbocycles. The number of hydrogen-bond donors (Lipinski definition) is 1. The molecule has 1 N–H and O–H groups in total. The molecule has 0 fully saturated rings. The zero-order valence-corrected chi connectivity index (χ0v) is 25.2. The molecule has 4 unspecified atom stereocenters. The molecule has 2 heterocycles. The molecule has 0 saturated heterocycles. The zero-order chi connectivity index (χ0) is 29.5. The maximum absolute atomic E-state index is 11.0. The Labute approximate surface area is 244 Å². The van der Waals surface area contributed by atoms with Crippen LogP contribution >= 0.6 is 0 Å². The molecule has 2 aliphatic heterocycles. The molecule has 2 aromatic rings. The van der Waals surface area contributed by atoms with Crippen LogP contribution in [0.15, 0.2) is 74.3 Å². The molecule has 0 spiro atoms. The molecule has 41 heavy (non-hydrogen) atoms. The van der Waals surface area contributed by atoms with Crippen LogP contribution in [0.5, 0.6) is 0 Å². The van der Waals surface area contributed by atoms with Gasteiger partial charge in [0.2, 0.25) is 0 Å². The smallest absolute Gasteiger partial charge is 0.150 e. The summed E-state index contributed by atoms with van der Waals surface area (Å²) in [5.74, 6) is 5.69. The van der Waals surface area contributed by atoms with Crippen LogP contribution in [0.4, 0.5) is 5.69 Å². The van der Waals surface area contributed by atoms with Crippen molar-refractivity contribution in [3.63, 3.8) is 0 Å². The van der Waals surface area contributed by atoms with E-state index in [1.54, 1.807) is 6.92 Å². The highest BCUT2D eigenvalue weighted by molar-refractivity contribution is 6.30. The first-order valence-electron chi connectivity index (χ1n) is 14.7. The van der Waals surface area contributed by atoms with Crippen LogP contribution in [-0.4, -0.2) is 42.0 Å². The SMILES string of the molecule is CCC1=NCC(C)C(C)C(=NCC2=Nc3ccccc3CCC(C)=C2c2ccccc2C)C1C(=N)C#CC(C)N=O. The topological polar surface area (TPSA) is 90.4 Å². The number of para-hydroxylation sites is 1. The standard InChI is InChI=1S/C35H41N5O/c1-7-30-34(29(36)19-17-25(5)40-41)35(26(6)24(4)20-37-30)38-21-32-33(28-14-10-8-12-22(28)2)23(3)16-18-27-13-9-11-15-31(27)39-32/h8-15,24-26,34,36H,7,16,18,20-21H2,1-6H3. The summed E-state index contributed by atoms with van der Waals surface area (Å²) in [6.07, 6.45) is 2.60. The average molecular weight is 548 g/mol. The Hall–Kier alpha value is -3.98. The van der Waals surface area contributed by atoms with Gasteiger partial charge in [0.15, 0.2) is 0 Å².